The van der Waals surface area contributed by atoms with Crippen molar-refractivity contribution < 1.29 is 9.53 Å². The van der Waals surface area contributed by atoms with Gasteiger partial charge in [0.2, 0.25) is 5.91 Å². The van der Waals surface area contributed by atoms with Gasteiger partial charge in [0, 0.05) is 40.9 Å². The van der Waals surface area contributed by atoms with Gasteiger partial charge >= 0.3 is 0 Å². The number of anilines is 1. The SMILES string of the molecule is CN(C)CCn1ccc2cc(NC(=O)C3COc4ccc(Cl)cc4C3)ccc21. The number of carbonyl (C=O) groups is 1. The highest BCUT2D eigenvalue weighted by atomic mass is 35.5. The number of aromatic nitrogens is 1. The second-order valence-electron chi connectivity index (χ2n) is 7.54. The maximum Gasteiger partial charge on any atom is 0.231 e. The van der Waals surface area contributed by atoms with E-state index in [4.69, 9.17) is 16.3 Å². The van der Waals surface area contributed by atoms with E-state index in [1.54, 1.807) is 6.07 Å². The Morgan fingerprint density at radius 1 is 1.25 bits per heavy atom. The summed E-state index contributed by atoms with van der Waals surface area (Å²) >= 11 is 6.07. The van der Waals surface area contributed by atoms with Crippen LogP contribution in [-0.4, -0.2) is 42.6 Å². The maximum atomic E-state index is 12.7. The lowest BCUT2D eigenvalue weighted by molar-refractivity contribution is -0.121. The molecule has 0 radical (unpaired) electrons. The van der Waals surface area contributed by atoms with Crippen LogP contribution in [0.4, 0.5) is 5.69 Å². The molecule has 0 aliphatic carbocycles. The molecule has 6 heteroatoms. The number of halogens is 1. The highest BCUT2D eigenvalue weighted by molar-refractivity contribution is 6.30. The number of likely N-dealkylation sites (N-methyl/N-ethyl adjacent to an activating group) is 1. The Bertz CT molecular complexity index is 1010. The van der Waals surface area contributed by atoms with E-state index in [1.165, 1.54) is 5.52 Å². The molecule has 1 atom stereocenters. The van der Waals surface area contributed by atoms with Crippen LogP contribution in [0.1, 0.15) is 5.56 Å². The van der Waals surface area contributed by atoms with Crippen molar-refractivity contribution in [1.29, 1.82) is 0 Å². The number of nitrogens with one attached hydrogen (secondary N) is 1. The molecular formula is C22H24ClN3O2. The summed E-state index contributed by atoms with van der Waals surface area (Å²) in [5.74, 6) is 0.553. The number of rotatable bonds is 5. The van der Waals surface area contributed by atoms with Crippen molar-refractivity contribution in [3.8, 4) is 5.75 Å². The number of benzene rings is 2. The molecule has 1 aromatic heterocycles. The fourth-order valence-corrected chi connectivity index (χ4v) is 3.75. The average Bonchev–Trinajstić information content (AvgIpc) is 3.08. The van der Waals surface area contributed by atoms with Crippen LogP contribution in [0.5, 0.6) is 5.75 Å². The van der Waals surface area contributed by atoms with Crippen molar-refractivity contribution in [2.75, 3.05) is 32.6 Å². The van der Waals surface area contributed by atoms with Gasteiger partial charge in [0.05, 0.1) is 5.92 Å². The molecule has 0 bridgehead atoms. The summed E-state index contributed by atoms with van der Waals surface area (Å²) in [5, 5.41) is 4.82. The lowest BCUT2D eigenvalue weighted by atomic mass is 9.96. The van der Waals surface area contributed by atoms with Gasteiger partial charge in [-0.15, -0.1) is 0 Å². The van der Waals surface area contributed by atoms with Gasteiger partial charge in [-0.2, -0.15) is 0 Å². The second kappa shape index (κ2) is 7.86. The predicted molar refractivity (Wildman–Crippen MR) is 113 cm³/mol. The minimum atomic E-state index is -0.230. The third-order valence-electron chi connectivity index (χ3n) is 5.13. The normalized spacial score (nSPS) is 16.1. The van der Waals surface area contributed by atoms with Gasteiger partial charge in [-0.05, 0) is 68.5 Å². The van der Waals surface area contributed by atoms with Gasteiger partial charge < -0.3 is 19.5 Å². The van der Waals surface area contributed by atoms with Crippen molar-refractivity contribution in [3.05, 3.63) is 59.2 Å². The van der Waals surface area contributed by atoms with Gasteiger partial charge in [0.15, 0.2) is 0 Å². The molecule has 146 valence electrons. The molecule has 4 rings (SSSR count). The van der Waals surface area contributed by atoms with E-state index in [9.17, 15) is 4.79 Å². The highest BCUT2D eigenvalue weighted by Crippen LogP contribution is 2.30. The minimum Gasteiger partial charge on any atom is -0.492 e. The first-order chi connectivity index (χ1) is 13.5. The van der Waals surface area contributed by atoms with Crippen LogP contribution in [-0.2, 0) is 17.8 Å². The third-order valence-corrected chi connectivity index (χ3v) is 5.36. The fourth-order valence-electron chi connectivity index (χ4n) is 3.56. The zero-order chi connectivity index (χ0) is 19.7. The first kappa shape index (κ1) is 18.8. The molecule has 2 aromatic carbocycles. The van der Waals surface area contributed by atoms with Crippen LogP contribution in [0.15, 0.2) is 48.7 Å². The van der Waals surface area contributed by atoms with Crippen molar-refractivity contribution in [1.82, 2.24) is 9.47 Å². The summed E-state index contributed by atoms with van der Waals surface area (Å²) < 4.78 is 7.98. The van der Waals surface area contributed by atoms with Gasteiger partial charge in [0.25, 0.3) is 0 Å². The number of hydrogen-bond acceptors (Lipinski definition) is 3. The van der Waals surface area contributed by atoms with E-state index in [1.807, 2.05) is 24.3 Å². The van der Waals surface area contributed by atoms with E-state index in [2.05, 4.69) is 47.2 Å². The molecule has 1 aliphatic heterocycles. The number of carbonyl (C=O) groups excluding carboxylic acids is 1. The van der Waals surface area contributed by atoms with Crippen molar-refractivity contribution in [2.24, 2.45) is 5.92 Å². The molecule has 1 amide bonds. The van der Waals surface area contributed by atoms with Crippen molar-refractivity contribution >= 4 is 34.1 Å². The Balaban J connectivity index is 1.45. The highest BCUT2D eigenvalue weighted by Gasteiger charge is 2.26. The molecular weight excluding hydrogens is 374 g/mol. The number of nitrogens with zero attached hydrogens (tertiary/aromatic N) is 2. The standard InChI is InChI=1S/C22H24ClN3O2/c1-25(2)9-10-26-8-7-15-13-19(4-5-20(15)26)24-22(27)17-11-16-12-18(23)3-6-21(16)28-14-17/h3-8,12-13,17H,9-11,14H2,1-2H3,(H,24,27). The number of ether oxygens (including phenoxy) is 1. The summed E-state index contributed by atoms with van der Waals surface area (Å²) in [5.41, 5.74) is 2.96. The monoisotopic (exact) mass is 397 g/mol. The van der Waals surface area contributed by atoms with E-state index < -0.39 is 0 Å². The summed E-state index contributed by atoms with van der Waals surface area (Å²) in [7, 11) is 4.14. The Labute approximate surface area is 169 Å². The van der Waals surface area contributed by atoms with E-state index in [0.717, 1.165) is 35.5 Å². The predicted octanol–water partition coefficient (Wildman–Crippen LogP) is 4.05. The van der Waals surface area contributed by atoms with Gasteiger partial charge in [-0.1, -0.05) is 11.6 Å². The molecule has 28 heavy (non-hydrogen) atoms. The smallest absolute Gasteiger partial charge is 0.231 e. The Kier molecular flexibility index (Phi) is 5.29. The van der Waals surface area contributed by atoms with Gasteiger partial charge in [-0.3, -0.25) is 4.79 Å². The largest absolute Gasteiger partial charge is 0.492 e. The molecule has 3 aromatic rings. The van der Waals surface area contributed by atoms with Crippen molar-refractivity contribution in [2.45, 2.75) is 13.0 Å². The maximum absolute atomic E-state index is 12.7. The quantitative estimate of drug-likeness (QED) is 0.706. The van der Waals surface area contributed by atoms with Crippen LogP contribution in [0.25, 0.3) is 10.9 Å². The summed E-state index contributed by atoms with van der Waals surface area (Å²) in [6.45, 7) is 2.29. The van der Waals surface area contributed by atoms with Crippen molar-refractivity contribution in [3.63, 3.8) is 0 Å². The molecule has 2 heterocycles. The average molecular weight is 398 g/mol. The lowest BCUT2D eigenvalue weighted by Crippen LogP contribution is -2.32. The molecule has 5 nitrogen and oxygen atoms in total. The Morgan fingerprint density at radius 3 is 2.93 bits per heavy atom. The third kappa shape index (κ3) is 4.01. The summed E-state index contributed by atoms with van der Waals surface area (Å²) in [4.78, 5) is 14.9. The Hall–Kier alpha value is -2.50. The molecule has 0 saturated carbocycles. The number of hydrogen-bond donors (Lipinski definition) is 1. The van der Waals surface area contributed by atoms with E-state index >= 15 is 0 Å². The number of amides is 1. The molecule has 1 unspecified atom stereocenters. The van der Waals surface area contributed by atoms with Crippen LogP contribution < -0.4 is 10.1 Å². The first-order valence-electron chi connectivity index (χ1n) is 9.45. The molecule has 0 spiro atoms. The zero-order valence-electron chi connectivity index (χ0n) is 16.1. The van der Waals surface area contributed by atoms with Gasteiger partial charge in [0.1, 0.15) is 12.4 Å². The molecule has 0 fully saturated rings. The van der Waals surface area contributed by atoms with Crippen LogP contribution in [0.3, 0.4) is 0 Å². The van der Waals surface area contributed by atoms with Crippen LogP contribution in [0.2, 0.25) is 5.02 Å². The second-order valence-corrected chi connectivity index (χ2v) is 7.98. The van der Waals surface area contributed by atoms with Gasteiger partial charge in [-0.25, -0.2) is 0 Å². The zero-order valence-corrected chi connectivity index (χ0v) is 16.9. The minimum absolute atomic E-state index is 0.0305. The summed E-state index contributed by atoms with van der Waals surface area (Å²) in [6.07, 6.45) is 2.72. The molecule has 0 saturated heterocycles. The Morgan fingerprint density at radius 2 is 2.11 bits per heavy atom. The first-order valence-corrected chi connectivity index (χ1v) is 9.83. The van der Waals surface area contributed by atoms with Crippen LogP contribution >= 0.6 is 11.6 Å². The molecule has 1 N–H and O–H groups in total. The van der Waals surface area contributed by atoms with E-state index in [-0.39, 0.29) is 11.8 Å². The fraction of sp³-hybridized carbons (Fsp3) is 0.318. The topological polar surface area (TPSA) is 46.5 Å². The molecule has 1 aliphatic rings. The lowest BCUT2D eigenvalue weighted by Gasteiger charge is -2.24. The summed E-state index contributed by atoms with van der Waals surface area (Å²) in [6, 6.07) is 13.7. The van der Waals surface area contributed by atoms with Crippen LogP contribution in [0, 0.1) is 5.92 Å². The van der Waals surface area contributed by atoms with E-state index in [0.29, 0.717) is 18.1 Å². The number of fused-ring (bicyclic) bond motifs is 2.